The van der Waals surface area contributed by atoms with E-state index in [2.05, 4.69) is 39.8 Å². The molecule has 0 unspecified atom stereocenters. The minimum atomic E-state index is 0.216. The van der Waals surface area contributed by atoms with Crippen LogP contribution in [0.2, 0.25) is 0 Å². The van der Waals surface area contributed by atoms with Crippen molar-refractivity contribution in [1.82, 2.24) is 0 Å². The molecule has 0 radical (unpaired) electrons. The van der Waals surface area contributed by atoms with Gasteiger partial charge in [-0.25, -0.2) is 0 Å². The van der Waals surface area contributed by atoms with E-state index >= 15 is 0 Å². The smallest absolute Gasteiger partial charge is 0.0552 e. The van der Waals surface area contributed by atoms with Gasteiger partial charge in [-0.15, -0.1) is 0 Å². The van der Waals surface area contributed by atoms with Crippen molar-refractivity contribution in [2.45, 2.75) is 27.7 Å². The lowest BCUT2D eigenvalue weighted by atomic mass is 9.89. The molecule has 0 N–H and O–H groups in total. The van der Waals surface area contributed by atoms with Crippen molar-refractivity contribution in [3.63, 3.8) is 0 Å². The largest absolute Gasteiger partial charge is 0.380 e. The van der Waals surface area contributed by atoms with Crippen LogP contribution in [-0.4, -0.2) is 13.2 Å². The zero-order valence-electron chi connectivity index (χ0n) is 7.98. The van der Waals surface area contributed by atoms with Gasteiger partial charge in [0.1, 0.15) is 0 Å². The van der Waals surface area contributed by atoms with Gasteiger partial charge in [0.05, 0.1) is 13.2 Å². The number of hydrogen-bond donors (Lipinski definition) is 0. The summed E-state index contributed by atoms with van der Waals surface area (Å²) < 4.78 is 5.56. The molecule has 0 spiro atoms. The van der Waals surface area contributed by atoms with Crippen LogP contribution < -0.4 is 0 Å². The summed E-state index contributed by atoms with van der Waals surface area (Å²) in [5, 5.41) is 0. The summed E-state index contributed by atoms with van der Waals surface area (Å²) >= 11 is 0. The van der Waals surface area contributed by atoms with Gasteiger partial charge in [0.15, 0.2) is 0 Å². The highest BCUT2D eigenvalue weighted by Gasteiger charge is 2.23. The lowest BCUT2D eigenvalue weighted by Gasteiger charge is -2.18. The van der Waals surface area contributed by atoms with E-state index in [1.54, 1.807) is 0 Å². The summed E-state index contributed by atoms with van der Waals surface area (Å²) in [4.78, 5) is 0. The second-order valence-corrected chi connectivity index (χ2v) is 4.80. The first-order valence-electron chi connectivity index (χ1n) is 4.20. The molecule has 0 atom stereocenters. The summed E-state index contributed by atoms with van der Waals surface area (Å²) in [6, 6.07) is 0. The van der Waals surface area contributed by atoms with Gasteiger partial charge < -0.3 is 4.74 Å². The minimum Gasteiger partial charge on any atom is -0.380 e. The van der Waals surface area contributed by atoms with E-state index in [1.807, 2.05) is 0 Å². The normalized spacial score (nSPS) is 28.0. The quantitative estimate of drug-likeness (QED) is 0.487. The predicted octanol–water partition coefficient (Wildman–Crippen LogP) is 2.63. The molecule has 0 aliphatic carbocycles. The standard InChI is InChI=1S/C10H18O/c1-9(2)5-6-10(3,4)8-11-7-9/h5-6H,7-8H2,1-4H3. The molecule has 0 bridgehead atoms. The molecule has 1 aliphatic rings. The van der Waals surface area contributed by atoms with Crippen molar-refractivity contribution in [3.8, 4) is 0 Å². The van der Waals surface area contributed by atoms with Crippen LogP contribution in [0.15, 0.2) is 12.2 Å². The maximum atomic E-state index is 5.56. The Morgan fingerprint density at radius 2 is 1.27 bits per heavy atom. The molecular weight excluding hydrogens is 136 g/mol. The molecule has 1 aliphatic heterocycles. The molecule has 0 saturated heterocycles. The van der Waals surface area contributed by atoms with E-state index in [0.29, 0.717) is 0 Å². The Hall–Kier alpha value is -0.300. The summed E-state index contributed by atoms with van der Waals surface area (Å²) in [7, 11) is 0. The third-order valence-electron chi connectivity index (χ3n) is 1.93. The summed E-state index contributed by atoms with van der Waals surface area (Å²) in [5.74, 6) is 0. The summed E-state index contributed by atoms with van der Waals surface area (Å²) in [6.07, 6.45) is 4.53. The van der Waals surface area contributed by atoms with Crippen LogP contribution in [0.4, 0.5) is 0 Å². The molecule has 1 heterocycles. The van der Waals surface area contributed by atoms with E-state index in [0.717, 1.165) is 13.2 Å². The zero-order valence-corrected chi connectivity index (χ0v) is 7.98. The Labute approximate surface area is 69.4 Å². The molecule has 0 amide bonds. The lowest BCUT2D eigenvalue weighted by molar-refractivity contribution is 0.0556. The van der Waals surface area contributed by atoms with Crippen LogP contribution in [0.25, 0.3) is 0 Å². The average molecular weight is 154 g/mol. The van der Waals surface area contributed by atoms with Crippen LogP contribution in [0.5, 0.6) is 0 Å². The van der Waals surface area contributed by atoms with Gasteiger partial charge in [0.25, 0.3) is 0 Å². The van der Waals surface area contributed by atoms with Crippen LogP contribution in [0, 0.1) is 10.8 Å². The van der Waals surface area contributed by atoms with E-state index in [9.17, 15) is 0 Å². The second-order valence-electron chi connectivity index (χ2n) is 4.80. The Balaban J connectivity index is 2.72. The molecule has 1 nitrogen and oxygen atoms in total. The van der Waals surface area contributed by atoms with Crippen molar-refractivity contribution < 1.29 is 4.74 Å². The van der Waals surface area contributed by atoms with Crippen LogP contribution in [0.1, 0.15) is 27.7 Å². The van der Waals surface area contributed by atoms with E-state index < -0.39 is 0 Å². The molecule has 0 fully saturated rings. The van der Waals surface area contributed by atoms with Crippen LogP contribution in [0.3, 0.4) is 0 Å². The van der Waals surface area contributed by atoms with Gasteiger partial charge in [-0.2, -0.15) is 0 Å². The Morgan fingerprint density at radius 3 is 1.64 bits per heavy atom. The molecule has 64 valence electrons. The first kappa shape index (κ1) is 8.79. The molecule has 0 aromatic rings. The van der Waals surface area contributed by atoms with Gasteiger partial charge in [-0.3, -0.25) is 0 Å². The van der Waals surface area contributed by atoms with Crippen LogP contribution >= 0.6 is 0 Å². The van der Waals surface area contributed by atoms with Gasteiger partial charge in [0, 0.05) is 10.8 Å². The second kappa shape index (κ2) is 2.63. The third kappa shape index (κ3) is 2.66. The first-order valence-corrected chi connectivity index (χ1v) is 4.20. The molecule has 11 heavy (non-hydrogen) atoms. The molecule has 0 aromatic carbocycles. The monoisotopic (exact) mass is 154 g/mol. The van der Waals surface area contributed by atoms with E-state index in [4.69, 9.17) is 4.74 Å². The maximum absolute atomic E-state index is 5.56. The van der Waals surface area contributed by atoms with Crippen molar-refractivity contribution in [2.24, 2.45) is 10.8 Å². The highest BCUT2D eigenvalue weighted by molar-refractivity contribution is 5.03. The fourth-order valence-electron chi connectivity index (χ4n) is 1.12. The van der Waals surface area contributed by atoms with Gasteiger partial charge >= 0.3 is 0 Å². The van der Waals surface area contributed by atoms with Gasteiger partial charge in [-0.1, -0.05) is 39.8 Å². The molecular formula is C10H18O. The van der Waals surface area contributed by atoms with E-state index in [-0.39, 0.29) is 10.8 Å². The van der Waals surface area contributed by atoms with Crippen LogP contribution in [-0.2, 0) is 4.74 Å². The third-order valence-corrected chi connectivity index (χ3v) is 1.93. The van der Waals surface area contributed by atoms with Crippen molar-refractivity contribution in [1.29, 1.82) is 0 Å². The van der Waals surface area contributed by atoms with Gasteiger partial charge in [0.2, 0.25) is 0 Å². The molecule has 1 rings (SSSR count). The topological polar surface area (TPSA) is 9.23 Å². The maximum Gasteiger partial charge on any atom is 0.0552 e. The Morgan fingerprint density at radius 1 is 0.909 bits per heavy atom. The molecule has 0 saturated carbocycles. The fraction of sp³-hybridized carbons (Fsp3) is 0.800. The van der Waals surface area contributed by atoms with Gasteiger partial charge in [-0.05, 0) is 0 Å². The first-order chi connectivity index (χ1) is 4.91. The number of ether oxygens (including phenoxy) is 1. The van der Waals surface area contributed by atoms with Crippen molar-refractivity contribution in [2.75, 3.05) is 13.2 Å². The zero-order chi connectivity index (χ0) is 8.54. The van der Waals surface area contributed by atoms with Crippen molar-refractivity contribution in [3.05, 3.63) is 12.2 Å². The lowest BCUT2D eigenvalue weighted by Crippen LogP contribution is -2.17. The van der Waals surface area contributed by atoms with Crippen molar-refractivity contribution >= 4 is 0 Å². The Bertz CT molecular complexity index is 148. The Kier molecular flexibility index (Phi) is 2.10. The average Bonchev–Trinajstić information content (AvgIpc) is 1.92. The number of rotatable bonds is 0. The molecule has 0 aromatic heterocycles. The highest BCUT2D eigenvalue weighted by Crippen LogP contribution is 2.28. The number of hydrogen-bond acceptors (Lipinski definition) is 1. The fourth-order valence-corrected chi connectivity index (χ4v) is 1.12. The molecule has 1 heteroatoms. The summed E-state index contributed by atoms with van der Waals surface area (Å²) in [6.45, 7) is 10.5. The summed E-state index contributed by atoms with van der Waals surface area (Å²) in [5.41, 5.74) is 0.432. The highest BCUT2D eigenvalue weighted by atomic mass is 16.5. The van der Waals surface area contributed by atoms with E-state index in [1.165, 1.54) is 0 Å². The predicted molar refractivity (Wildman–Crippen MR) is 47.5 cm³/mol. The SMILES string of the molecule is CC1(C)C=CC(C)(C)COC1. The minimum absolute atomic E-state index is 0.216.